The summed E-state index contributed by atoms with van der Waals surface area (Å²) in [6.07, 6.45) is 0. The molecule has 0 bridgehead atoms. The van der Waals surface area contributed by atoms with Crippen molar-refractivity contribution < 1.29 is 14.4 Å². The number of para-hydroxylation sites is 2. The topological polar surface area (TPSA) is 72.6 Å². The molecule has 0 aromatic heterocycles. The first kappa shape index (κ1) is 13.6. The van der Waals surface area contributed by atoms with E-state index in [1.54, 1.807) is 48.5 Å². The van der Waals surface area contributed by atoms with Crippen LogP contribution in [-0.2, 0) is 4.79 Å². The molecule has 2 aromatic rings. The maximum atomic E-state index is 11.8. The van der Waals surface area contributed by atoms with Gasteiger partial charge in [-0.2, -0.15) is 0 Å². The van der Waals surface area contributed by atoms with Crippen LogP contribution < -0.4 is 15.6 Å². The first-order valence-corrected chi connectivity index (χ1v) is 6.02. The molecule has 102 valence electrons. The van der Waals surface area contributed by atoms with Crippen LogP contribution in [0.2, 0.25) is 0 Å². The molecule has 0 radical (unpaired) electrons. The third kappa shape index (κ3) is 2.95. The highest BCUT2D eigenvalue weighted by atomic mass is 16.7. The zero-order valence-electron chi connectivity index (χ0n) is 10.9. The average molecular weight is 270 g/mol. The Morgan fingerprint density at radius 2 is 1.60 bits per heavy atom. The lowest BCUT2D eigenvalue weighted by atomic mass is 10.1. The van der Waals surface area contributed by atoms with E-state index in [1.807, 2.05) is 6.07 Å². The summed E-state index contributed by atoms with van der Waals surface area (Å²) in [6, 6.07) is 15.3. The van der Waals surface area contributed by atoms with Gasteiger partial charge in [-0.1, -0.05) is 30.3 Å². The summed E-state index contributed by atoms with van der Waals surface area (Å²) in [7, 11) is 0. The van der Waals surface area contributed by atoms with Crippen LogP contribution in [-0.4, -0.2) is 11.8 Å². The van der Waals surface area contributed by atoms with Gasteiger partial charge >= 0.3 is 0 Å². The average Bonchev–Trinajstić information content (AvgIpc) is 2.45. The Balaban J connectivity index is 2.39. The molecule has 5 heteroatoms. The highest BCUT2D eigenvalue weighted by Crippen LogP contribution is 2.22. The number of rotatable bonds is 4. The van der Waals surface area contributed by atoms with E-state index in [0.717, 1.165) is 5.06 Å². The van der Waals surface area contributed by atoms with Crippen LogP contribution in [0.1, 0.15) is 17.3 Å². The van der Waals surface area contributed by atoms with Crippen molar-refractivity contribution in [1.82, 2.24) is 0 Å². The number of anilines is 1. The fourth-order valence-corrected chi connectivity index (χ4v) is 1.73. The van der Waals surface area contributed by atoms with Crippen molar-refractivity contribution in [3.63, 3.8) is 0 Å². The zero-order valence-corrected chi connectivity index (χ0v) is 10.9. The van der Waals surface area contributed by atoms with Crippen molar-refractivity contribution in [3.8, 4) is 5.75 Å². The summed E-state index contributed by atoms with van der Waals surface area (Å²) in [5.41, 5.74) is 5.85. The fraction of sp³-hybridized carbons (Fsp3) is 0.0667. The molecular weight excluding hydrogens is 256 g/mol. The molecule has 0 aliphatic rings. The third-order valence-electron chi connectivity index (χ3n) is 2.61. The predicted octanol–water partition coefficient (Wildman–Crippen LogP) is 2.13. The van der Waals surface area contributed by atoms with Crippen molar-refractivity contribution in [2.75, 3.05) is 5.06 Å². The second-order valence-electron chi connectivity index (χ2n) is 4.10. The smallest absolute Gasteiger partial charge is 0.256 e. The SMILES string of the molecule is CC(=O)N(Oc1ccccc1)c1ccccc1C(N)=O. The highest BCUT2D eigenvalue weighted by molar-refractivity contribution is 6.02. The lowest BCUT2D eigenvalue weighted by Crippen LogP contribution is -2.34. The minimum atomic E-state index is -0.622. The number of nitrogens with zero attached hydrogens (tertiary/aromatic N) is 1. The fourth-order valence-electron chi connectivity index (χ4n) is 1.73. The van der Waals surface area contributed by atoms with Gasteiger partial charge in [0, 0.05) is 6.92 Å². The van der Waals surface area contributed by atoms with E-state index < -0.39 is 5.91 Å². The number of hydroxylamine groups is 1. The molecule has 2 rings (SSSR count). The van der Waals surface area contributed by atoms with Crippen LogP contribution in [0, 0.1) is 0 Å². The van der Waals surface area contributed by atoms with Gasteiger partial charge in [-0.3, -0.25) is 9.59 Å². The molecule has 0 aliphatic heterocycles. The van der Waals surface area contributed by atoms with E-state index in [2.05, 4.69) is 0 Å². The van der Waals surface area contributed by atoms with Crippen LogP contribution in [0.25, 0.3) is 0 Å². The van der Waals surface area contributed by atoms with Gasteiger partial charge in [0.25, 0.3) is 11.8 Å². The van der Waals surface area contributed by atoms with Crippen molar-refractivity contribution in [1.29, 1.82) is 0 Å². The molecule has 0 atom stereocenters. The Hall–Kier alpha value is -2.82. The van der Waals surface area contributed by atoms with E-state index in [-0.39, 0.29) is 11.5 Å². The summed E-state index contributed by atoms with van der Waals surface area (Å²) >= 11 is 0. The Morgan fingerprint density at radius 1 is 1.00 bits per heavy atom. The van der Waals surface area contributed by atoms with E-state index in [1.165, 1.54) is 6.92 Å². The van der Waals surface area contributed by atoms with Crippen LogP contribution in [0.3, 0.4) is 0 Å². The molecule has 0 heterocycles. The van der Waals surface area contributed by atoms with Crippen LogP contribution in [0.5, 0.6) is 5.75 Å². The van der Waals surface area contributed by atoms with Gasteiger partial charge in [-0.15, -0.1) is 5.06 Å². The van der Waals surface area contributed by atoms with Crippen LogP contribution >= 0.6 is 0 Å². The Bertz CT molecular complexity index is 626. The van der Waals surface area contributed by atoms with Gasteiger partial charge in [-0.25, -0.2) is 0 Å². The van der Waals surface area contributed by atoms with Gasteiger partial charge in [0.2, 0.25) is 0 Å². The Labute approximate surface area is 116 Å². The summed E-state index contributed by atoms with van der Waals surface area (Å²) < 4.78 is 0. The van der Waals surface area contributed by atoms with Crippen LogP contribution in [0.15, 0.2) is 54.6 Å². The zero-order chi connectivity index (χ0) is 14.5. The molecule has 0 fully saturated rings. The molecule has 0 saturated carbocycles. The van der Waals surface area contributed by atoms with E-state index in [9.17, 15) is 9.59 Å². The predicted molar refractivity (Wildman–Crippen MR) is 75.2 cm³/mol. The van der Waals surface area contributed by atoms with Gasteiger partial charge < -0.3 is 10.6 Å². The number of hydrogen-bond acceptors (Lipinski definition) is 3. The third-order valence-corrected chi connectivity index (χ3v) is 2.61. The van der Waals surface area contributed by atoms with E-state index in [0.29, 0.717) is 11.4 Å². The van der Waals surface area contributed by atoms with Crippen molar-refractivity contribution in [2.24, 2.45) is 5.73 Å². The number of hydrogen-bond donors (Lipinski definition) is 1. The second kappa shape index (κ2) is 5.88. The molecule has 20 heavy (non-hydrogen) atoms. The number of amides is 2. The molecule has 2 N–H and O–H groups in total. The molecule has 2 amide bonds. The number of carbonyl (C=O) groups excluding carboxylic acids is 2. The Morgan fingerprint density at radius 3 is 2.20 bits per heavy atom. The monoisotopic (exact) mass is 270 g/mol. The minimum absolute atomic E-state index is 0.221. The molecule has 5 nitrogen and oxygen atoms in total. The van der Waals surface area contributed by atoms with E-state index >= 15 is 0 Å². The van der Waals surface area contributed by atoms with Gasteiger partial charge in [0.15, 0.2) is 5.75 Å². The summed E-state index contributed by atoms with van der Waals surface area (Å²) in [6.45, 7) is 1.35. The van der Waals surface area contributed by atoms with Crippen molar-refractivity contribution in [2.45, 2.75) is 6.92 Å². The lowest BCUT2D eigenvalue weighted by Gasteiger charge is -2.22. The summed E-state index contributed by atoms with van der Waals surface area (Å²) in [4.78, 5) is 28.7. The molecule has 2 aromatic carbocycles. The maximum absolute atomic E-state index is 11.8. The maximum Gasteiger partial charge on any atom is 0.256 e. The first-order chi connectivity index (χ1) is 9.59. The van der Waals surface area contributed by atoms with Gasteiger partial charge in [0.1, 0.15) is 0 Å². The standard InChI is InChI=1S/C15H14N2O3/c1-11(18)17(20-12-7-3-2-4-8-12)14-10-6-5-9-13(14)15(16)19/h2-10H,1H3,(H2,16,19). The normalized spacial score (nSPS) is 9.85. The number of benzene rings is 2. The molecule has 0 spiro atoms. The van der Waals surface area contributed by atoms with Gasteiger partial charge in [-0.05, 0) is 24.3 Å². The van der Waals surface area contributed by atoms with E-state index in [4.69, 9.17) is 10.6 Å². The summed E-state index contributed by atoms with van der Waals surface area (Å²) in [5, 5.41) is 1.05. The molecule has 0 unspecified atom stereocenters. The number of carbonyl (C=O) groups is 2. The molecular formula is C15H14N2O3. The van der Waals surface area contributed by atoms with Crippen molar-refractivity contribution >= 4 is 17.5 Å². The van der Waals surface area contributed by atoms with Crippen LogP contribution in [0.4, 0.5) is 5.69 Å². The molecule has 0 aliphatic carbocycles. The molecule has 0 saturated heterocycles. The second-order valence-corrected chi connectivity index (χ2v) is 4.10. The minimum Gasteiger partial charge on any atom is -0.372 e. The highest BCUT2D eigenvalue weighted by Gasteiger charge is 2.19. The van der Waals surface area contributed by atoms with Gasteiger partial charge in [0.05, 0.1) is 11.3 Å². The summed E-state index contributed by atoms with van der Waals surface area (Å²) in [5.74, 6) is -0.493. The quantitative estimate of drug-likeness (QED) is 0.865. The number of nitrogens with two attached hydrogens (primary N) is 1. The largest absolute Gasteiger partial charge is 0.372 e. The number of primary amides is 1. The first-order valence-electron chi connectivity index (χ1n) is 6.02. The Kier molecular flexibility index (Phi) is 4.00. The van der Waals surface area contributed by atoms with Crippen molar-refractivity contribution in [3.05, 3.63) is 60.2 Å². The lowest BCUT2D eigenvalue weighted by molar-refractivity contribution is -0.120.